The molecule has 136 valence electrons. The van der Waals surface area contributed by atoms with E-state index in [1.54, 1.807) is 0 Å². The van der Waals surface area contributed by atoms with Gasteiger partial charge in [-0.1, -0.05) is 6.42 Å². The third-order valence-electron chi connectivity index (χ3n) is 5.55. The molecule has 3 N–H and O–H groups in total. The Hall–Kier alpha value is -1.88. The van der Waals surface area contributed by atoms with Crippen molar-refractivity contribution in [3.05, 3.63) is 29.8 Å². The fourth-order valence-corrected chi connectivity index (χ4v) is 3.97. The molecule has 1 aromatic rings. The minimum absolute atomic E-state index is 0.000687. The van der Waals surface area contributed by atoms with Crippen molar-refractivity contribution < 1.29 is 9.59 Å². The Labute approximate surface area is 150 Å². The Morgan fingerprint density at radius 1 is 1.08 bits per heavy atom. The number of nitrogens with one attached hydrogen (secondary N) is 1. The highest BCUT2D eigenvalue weighted by molar-refractivity contribution is 5.96. The maximum Gasteiger partial charge on any atom is 0.254 e. The smallest absolute Gasteiger partial charge is 0.254 e. The molecular weight excluding hydrogens is 314 g/mol. The second kappa shape index (κ2) is 8.00. The number of nitrogens with zero attached hydrogens (tertiary/aromatic N) is 1. The van der Waals surface area contributed by atoms with E-state index in [1.807, 2.05) is 29.2 Å². The van der Waals surface area contributed by atoms with Gasteiger partial charge in [0.1, 0.15) is 0 Å². The summed E-state index contributed by atoms with van der Waals surface area (Å²) in [6, 6.07) is 7.70. The van der Waals surface area contributed by atoms with E-state index in [4.69, 9.17) is 5.73 Å². The molecular formula is C20H29N3O2. The zero-order chi connectivity index (χ0) is 17.8. The third kappa shape index (κ3) is 4.40. The van der Waals surface area contributed by atoms with Crippen molar-refractivity contribution in [1.29, 1.82) is 0 Å². The van der Waals surface area contributed by atoms with Crippen LogP contribution in [-0.4, -0.2) is 35.3 Å². The van der Waals surface area contributed by atoms with E-state index in [-0.39, 0.29) is 23.8 Å². The average molecular weight is 343 g/mol. The molecule has 1 saturated heterocycles. The largest absolute Gasteiger partial charge is 0.336 e. The molecule has 1 aliphatic heterocycles. The number of amides is 2. The van der Waals surface area contributed by atoms with Crippen LogP contribution in [0.15, 0.2) is 24.3 Å². The number of anilines is 1. The molecule has 3 rings (SSSR count). The summed E-state index contributed by atoms with van der Waals surface area (Å²) in [5, 5.41) is 2.97. The quantitative estimate of drug-likeness (QED) is 0.885. The molecule has 2 fully saturated rings. The van der Waals surface area contributed by atoms with Crippen molar-refractivity contribution in [2.24, 2.45) is 11.7 Å². The Morgan fingerprint density at radius 2 is 1.84 bits per heavy atom. The predicted octanol–water partition coefficient (Wildman–Crippen LogP) is 3.16. The van der Waals surface area contributed by atoms with Crippen molar-refractivity contribution in [2.75, 3.05) is 11.9 Å². The SMILES string of the molecule is CC1CCCCN1C(=O)c1ccc(NC(=O)C2CCCC(N)C2)cc1. The third-order valence-corrected chi connectivity index (χ3v) is 5.55. The average Bonchev–Trinajstić information content (AvgIpc) is 2.62. The van der Waals surface area contributed by atoms with Gasteiger partial charge in [0.15, 0.2) is 0 Å². The fraction of sp³-hybridized carbons (Fsp3) is 0.600. The van der Waals surface area contributed by atoms with Crippen LogP contribution in [0.4, 0.5) is 5.69 Å². The fourth-order valence-electron chi connectivity index (χ4n) is 3.97. The molecule has 0 aromatic heterocycles. The van der Waals surface area contributed by atoms with Gasteiger partial charge in [-0.25, -0.2) is 0 Å². The monoisotopic (exact) mass is 343 g/mol. The number of hydrogen-bond acceptors (Lipinski definition) is 3. The van der Waals surface area contributed by atoms with Gasteiger partial charge in [0.05, 0.1) is 0 Å². The lowest BCUT2D eigenvalue weighted by Crippen LogP contribution is -2.42. The first kappa shape index (κ1) is 17.9. The molecule has 3 unspecified atom stereocenters. The highest BCUT2D eigenvalue weighted by Crippen LogP contribution is 2.25. The standard InChI is InChI=1S/C20H29N3O2/c1-14-5-2-3-12-23(14)20(25)15-8-10-18(11-9-15)22-19(24)16-6-4-7-17(21)13-16/h8-11,14,16-17H,2-7,12-13,21H2,1H3,(H,22,24). The van der Waals surface area contributed by atoms with Crippen molar-refractivity contribution >= 4 is 17.5 Å². The molecule has 0 spiro atoms. The van der Waals surface area contributed by atoms with Gasteiger partial charge < -0.3 is 16.0 Å². The summed E-state index contributed by atoms with van der Waals surface area (Å²) in [5.41, 5.74) is 7.40. The first-order valence-electron chi connectivity index (χ1n) is 9.52. The van der Waals surface area contributed by atoms with E-state index in [9.17, 15) is 9.59 Å². The molecule has 1 heterocycles. The van der Waals surface area contributed by atoms with Crippen molar-refractivity contribution in [1.82, 2.24) is 4.90 Å². The van der Waals surface area contributed by atoms with E-state index < -0.39 is 0 Å². The first-order valence-corrected chi connectivity index (χ1v) is 9.52. The van der Waals surface area contributed by atoms with Gasteiger partial charge in [0, 0.05) is 35.8 Å². The summed E-state index contributed by atoms with van der Waals surface area (Å²) in [5.74, 6) is 0.126. The number of likely N-dealkylation sites (tertiary alicyclic amines) is 1. The molecule has 3 atom stereocenters. The second-order valence-corrected chi connectivity index (χ2v) is 7.53. The van der Waals surface area contributed by atoms with Gasteiger partial charge in [-0.15, -0.1) is 0 Å². The maximum atomic E-state index is 12.7. The highest BCUT2D eigenvalue weighted by atomic mass is 16.2. The zero-order valence-corrected chi connectivity index (χ0v) is 15.0. The minimum Gasteiger partial charge on any atom is -0.336 e. The number of rotatable bonds is 3. The van der Waals surface area contributed by atoms with Crippen LogP contribution < -0.4 is 11.1 Å². The van der Waals surface area contributed by atoms with Crippen LogP contribution in [0.2, 0.25) is 0 Å². The Balaban J connectivity index is 1.60. The van der Waals surface area contributed by atoms with E-state index in [1.165, 1.54) is 6.42 Å². The molecule has 1 aromatic carbocycles. The number of carbonyl (C=O) groups excluding carboxylic acids is 2. The van der Waals surface area contributed by atoms with Crippen molar-refractivity contribution in [3.8, 4) is 0 Å². The van der Waals surface area contributed by atoms with E-state index in [0.717, 1.165) is 50.8 Å². The van der Waals surface area contributed by atoms with Crippen LogP contribution in [0.1, 0.15) is 62.2 Å². The highest BCUT2D eigenvalue weighted by Gasteiger charge is 2.26. The molecule has 1 aliphatic carbocycles. The Kier molecular flexibility index (Phi) is 5.74. The van der Waals surface area contributed by atoms with Gasteiger partial charge in [0.25, 0.3) is 5.91 Å². The van der Waals surface area contributed by atoms with Crippen LogP contribution in [0, 0.1) is 5.92 Å². The summed E-state index contributed by atoms with van der Waals surface area (Å²) in [6.45, 7) is 2.95. The van der Waals surface area contributed by atoms with Crippen LogP contribution >= 0.6 is 0 Å². The summed E-state index contributed by atoms with van der Waals surface area (Å²) >= 11 is 0. The maximum absolute atomic E-state index is 12.7. The number of piperidine rings is 1. The normalized spacial score (nSPS) is 27.0. The molecule has 5 nitrogen and oxygen atoms in total. The molecule has 1 saturated carbocycles. The Morgan fingerprint density at radius 3 is 2.52 bits per heavy atom. The summed E-state index contributed by atoms with van der Waals surface area (Å²) in [4.78, 5) is 27.0. The lowest BCUT2D eigenvalue weighted by Gasteiger charge is -2.33. The van der Waals surface area contributed by atoms with Gasteiger partial charge in [0.2, 0.25) is 5.91 Å². The van der Waals surface area contributed by atoms with Crippen LogP contribution in [0.3, 0.4) is 0 Å². The predicted molar refractivity (Wildman–Crippen MR) is 99.4 cm³/mol. The number of hydrogen-bond donors (Lipinski definition) is 2. The van der Waals surface area contributed by atoms with Crippen molar-refractivity contribution in [2.45, 2.75) is 64.0 Å². The zero-order valence-electron chi connectivity index (χ0n) is 15.0. The summed E-state index contributed by atoms with van der Waals surface area (Å²) < 4.78 is 0. The van der Waals surface area contributed by atoms with E-state index >= 15 is 0 Å². The Bertz CT molecular complexity index is 614. The summed E-state index contributed by atoms with van der Waals surface area (Å²) in [6.07, 6.45) is 7.03. The molecule has 0 bridgehead atoms. The molecule has 2 aliphatic rings. The lowest BCUT2D eigenvalue weighted by atomic mass is 9.85. The molecule has 25 heavy (non-hydrogen) atoms. The van der Waals surface area contributed by atoms with Crippen molar-refractivity contribution in [3.63, 3.8) is 0 Å². The van der Waals surface area contributed by atoms with E-state index in [2.05, 4.69) is 12.2 Å². The number of nitrogens with two attached hydrogens (primary N) is 1. The molecule has 2 amide bonds. The van der Waals surface area contributed by atoms with Crippen LogP contribution in [0.25, 0.3) is 0 Å². The van der Waals surface area contributed by atoms with Gasteiger partial charge >= 0.3 is 0 Å². The number of benzene rings is 1. The van der Waals surface area contributed by atoms with Crippen LogP contribution in [0.5, 0.6) is 0 Å². The molecule has 5 heteroatoms. The van der Waals surface area contributed by atoms with Gasteiger partial charge in [-0.3, -0.25) is 9.59 Å². The topological polar surface area (TPSA) is 75.4 Å². The summed E-state index contributed by atoms with van der Waals surface area (Å²) in [7, 11) is 0. The van der Waals surface area contributed by atoms with Gasteiger partial charge in [-0.2, -0.15) is 0 Å². The minimum atomic E-state index is -0.000687. The lowest BCUT2D eigenvalue weighted by molar-refractivity contribution is -0.120. The van der Waals surface area contributed by atoms with Gasteiger partial charge in [-0.05, 0) is 69.7 Å². The number of carbonyl (C=O) groups is 2. The first-order chi connectivity index (χ1) is 12.0. The van der Waals surface area contributed by atoms with E-state index in [0.29, 0.717) is 11.6 Å². The van der Waals surface area contributed by atoms with Crippen LogP contribution in [-0.2, 0) is 4.79 Å². The molecule has 0 radical (unpaired) electrons. The second-order valence-electron chi connectivity index (χ2n) is 7.53.